The zero-order valence-electron chi connectivity index (χ0n) is 16.1. The second-order valence-corrected chi connectivity index (χ2v) is 7.28. The predicted molar refractivity (Wildman–Crippen MR) is 111 cm³/mol. The van der Waals surface area contributed by atoms with Gasteiger partial charge in [0, 0.05) is 31.7 Å². The van der Waals surface area contributed by atoms with E-state index in [-0.39, 0.29) is 23.1 Å². The number of hydrogen-bond donors (Lipinski definition) is 1. The van der Waals surface area contributed by atoms with Gasteiger partial charge in [0.05, 0.1) is 5.56 Å². The number of phenols is 1. The van der Waals surface area contributed by atoms with Crippen LogP contribution in [0.25, 0.3) is 0 Å². The molecule has 0 saturated heterocycles. The van der Waals surface area contributed by atoms with E-state index in [1.54, 1.807) is 28.0 Å². The van der Waals surface area contributed by atoms with E-state index in [0.29, 0.717) is 31.7 Å². The molecule has 5 heteroatoms. The maximum atomic E-state index is 13.0. The van der Waals surface area contributed by atoms with E-state index in [2.05, 4.69) is 13.2 Å². The standard InChI is InChI=1S/C24H22N2O3/c1-3-16-12-26(13-17(16)4-2)24(29)21-11-18(9-10-22(21)27)23(28)25-14-19-7-5-6-8-20(19)15-25/h3-11,27H,1-2,12-15H2. The van der Waals surface area contributed by atoms with E-state index in [1.807, 2.05) is 24.3 Å². The minimum Gasteiger partial charge on any atom is -0.507 e. The van der Waals surface area contributed by atoms with Gasteiger partial charge in [0.25, 0.3) is 11.8 Å². The summed E-state index contributed by atoms with van der Waals surface area (Å²) in [5.41, 5.74) is 4.66. The topological polar surface area (TPSA) is 60.9 Å². The fourth-order valence-electron chi connectivity index (χ4n) is 3.88. The Balaban J connectivity index is 1.56. The van der Waals surface area contributed by atoms with Crippen LogP contribution >= 0.6 is 0 Å². The monoisotopic (exact) mass is 386 g/mol. The highest BCUT2D eigenvalue weighted by molar-refractivity contribution is 6.02. The Morgan fingerprint density at radius 1 is 0.828 bits per heavy atom. The van der Waals surface area contributed by atoms with E-state index < -0.39 is 0 Å². The molecule has 1 N–H and O–H groups in total. The summed E-state index contributed by atoms with van der Waals surface area (Å²) in [7, 11) is 0. The number of benzene rings is 2. The second-order valence-electron chi connectivity index (χ2n) is 7.28. The smallest absolute Gasteiger partial charge is 0.258 e. The van der Waals surface area contributed by atoms with Gasteiger partial charge in [-0.25, -0.2) is 0 Å². The van der Waals surface area contributed by atoms with Crippen LogP contribution in [-0.4, -0.2) is 39.8 Å². The molecule has 29 heavy (non-hydrogen) atoms. The lowest BCUT2D eigenvalue weighted by molar-refractivity contribution is 0.0751. The molecule has 4 rings (SSSR count). The van der Waals surface area contributed by atoms with Crippen LogP contribution in [0.15, 0.2) is 78.9 Å². The van der Waals surface area contributed by atoms with E-state index in [1.165, 1.54) is 12.1 Å². The summed E-state index contributed by atoms with van der Waals surface area (Å²) < 4.78 is 0. The number of amides is 2. The molecule has 2 aromatic carbocycles. The number of fused-ring (bicyclic) bond motifs is 1. The van der Waals surface area contributed by atoms with Crippen LogP contribution in [0.4, 0.5) is 0 Å². The van der Waals surface area contributed by atoms with Gasteiger partial charge in [0.2, 0.25) is 0 Å². The summed E-state index contributed by atoms with van der Waals surface area (Å²) in [5.74, 6) is -0.616. The van der Waals surface area contributed by atoms with Crippen molar-refractivity contribution in [1.29, 1.82) is 0 Å². The van der Waals surface area contributed by atoms with E-state index in [0.717, 1.165) is 22.3 Å². The number of carbonyl (C=O) groups excluding carboxylic acids is 2. The van der Waals surface area contributed by atoms with Crippen molar-refractivity contribution >= 4 is 11.8 Å². The van der Waals surface area contributed by atoms with Crippen LogP contribution in [-0.2, 0) is 13.1 Å². The van der Waals surface area contributed by atoms with Crippen LogP contribution in [0.1, 0.15) is 31.8 Å². The molecule has 0 bridgehead atoms. The van der Waals surface area contributed by atoms with Gasteiger partial charge in [-0.1, -0.05) is 49.6 Å². The summed E-state index contributed by atoms with van der Waals surface area (Å²) in [5, 5.41) is 10.3. The summed E-state index contributed by atoms with van der Waals surface area (Å²) in [6.07, 6.45) is 3.43. The van der Waals surface area contributed by atoms with E-state index in [4.69, 9.17) is 0 Å². The number of phenolic OH excluding ortho intramolecular Hbond substituents is 1. The Morgan fingerprint density at radius 2 is 1.38 bits per heavy atom. The third kappa shape index (κ3) is 3.36. The Labute approximate surface area is 169 Å². The normalized spacial score (nSPS) is 15.4. The van der Waals surface area contributed by atoms with Gasteiger partial charge in [-0.3, -0.25) is 9.59 Å². The molecule has 2 heterocycles. The molecular formula is C24H22N2O3. The molecule has 0 unspecified atom stereocenters. The molecule has 146 valence electrons. The van der Waals surface area contributed by atoms with Crippen LogP contribution in [0.5, 0.6) is 5.75 Å². The summed E-state index contributed by atoms with van der Waals surface area (Å²) in [6.45, 7) is 9.46. The van der Waals surface area contributed by atoms with Gasteiger partial charge in [-0.2, -0.15) is 0 Å². The quantitative estimate of drug-likeness (QED) is 0.872. The predicted octanol–water partition coefficient (Wildman–Crippen LogP) is 3.67. The number of nitrogens with zero attached hydrogens (tertiary/aromatic N) is 2. The largest absolute Gasteiger partial charge is 0.507 e. The average Bonchev–Trinajstić information content (AvgIpc) is 3.37. The second kappa shape index (κ2) is 7.43. The van der Waals surface area contributed by atoms with Gasteiger partial charge in [0.1, 0.15) is 5.75 Å². The Hall–Kier alpha value is -3.60. The van der Waals surface area contributed by atoms with Crippen molar-refractivity contribution in [2.75, 3.05) is 13.1 Å². The SMILES string of the molecule is C=CC1=C(C=C)CN(C(=O)c2cc(C(=O)N3Cc4ccccc4C3)ccc2O)C1. The number of hydrogen-bond acceptors (Lipinski definition) is 3. The fraction of sp³-hybridized carbons (Fsp3) is 0.167. The van der Waals surface area contributed by atoms with Crippen LogP contribution in [0.3, 0.4) is 0 Å². The maximum Gasteiger partial charge on any atom is 0.258 e. The number of aromatic hydroxyl groups is 1. The molecule has 2 aliphatic rings. The molecule has 2 aliphatic heterocycles. The summed E-state index contributed by atoms with van der Waals surface area (Å²) in [4.78, 5) is 29.4. The van der Waals surface area contributed by atoms with E-state index >= 15 is 0 Å². The lowest BCUT2D eigenvalue weighted by Gasteiger charge is -2.19. The highest BCUT2D eigenvalue weighted by Crippen LogP contribution is 2.28. The minimum absolute atomic E-state index is 0.126. The molecule has 0 atom stereocenters. The van der Waals surface area contributed by atoms with Crippen molar-refractivity contribution in [2.24, 2.45) is 0 Å². The van der Waals surface area contributed by atoms with Gasteiger partial charge in [0.15, 0.2) is 0 Å². The van der Waals surface area contributed by atoms with Crippen molar-refractivity contribution in [3.63, 3.8) is 0 Å². The molecule has 0 spiro atoms. The van der Waals surface area contributed by atoms with Crippen molar-refractivity contribution in [1.82, 2.24) is 9.80 Å². The highest BCUT2D eigenvalue weighted by Gasteiger charge is 2.28. The van der Waals surface area contributed by atoms with Crippen LogP contribution in [0.2, 0.25) is 0 Å². The van der Waals surface area contributed by atoms with Gasteiger partial charge in [-0.15, -0.1) is 0 Å². The minimum atomic E-state index is -0.321. The third-order valence-electron chi connectivity index (χ3n) is 5.52. The summed E-state index contributed by atoms with van der Waals surface area (Å²) in [6, 6.07) is 12.4. The van der Waals surface area contributed by atoms with Gasteiger partial charge in [-0.05, 0) is 40.5 Å². The van der Waals surface area contributed by atoms with Crippen molar-refractivity contribution in [3.8, 4) is 5.75 Å². The zero-order chi connectivity index (χ0) is 20.5. The summed E-state index contributed by atoms with van der Waals surface area (Å²) >= 11 is 0. The Bertz CT molecular complexity index is 1020. The molecule has 2 aromatic rings. The number of carbonyl (C=O) groups is 2. The van der Waals surface area contributed by atoms with Crippen molar-refractivity contribution < 1.29 is 14.7 Å². The first kappa shape index (κ1) is 18.7. The maximum absolute atomic E-state index is 13.0. The van der Waals surface area contributed by atoms with Crippen molar-refractivity contribution in [2.45, 2.75) is 13.1 Å². The fourth-order valence-corrected chi connectivity index (χ4v) is 3.88. The van der Waals surface area contributed by atoms with Crippen LogP contribution in [0, 0.1) is 0 Å². The highest BCUT2D eigenvalue weighted by atomic mass is 16.3. The number of rotatable bonds is 4. The average molecular weight is 386 g/mol. The lowest BCUT2D eigenvalue weighted by Crippen LogP contribution is -2.30. The first-order chi connectivity index (χ1) is 14.0. The molecule has 0 saturated carbocycles. The van der Waals surface area contributed by atoms with Crippen molar-refractivity contribution in [3.05, 3.63) is 101 Å². The Kier molecular flexibility index (Phi) is 4.80. The Morgan fingerprint density at radius 3 is 1.93 bits per heavy atom. The molecule has 2 amide bonds. The first-order valence-electron chi connectivity index (χ1n) is 9.47. The van der Waals surface area contributed by atoms with Gasteiger partial charge < -0.3 is 14.9 Å². The first-order valence-corrected chi connectivity index (χ1v) is 9.47. The van der Waals surface area contributed by atoms with E-state index in [9.17, 15) is 14.7 Å². The molecule has 0 radical (unpaired) electrons. The lowest BCUT2D eigenvalue weighted by atomic mass is 10.1. The third-order valence-corrected chi connectivity index (χ3v) is 5.52. The van der Waals surface area contributed by atoms with Gasteiger partial charge >= 0.3 is 0 Å². The molecule has 0 fully saturated rings. The van der Waals surface area contributed by atoms with Crippen LogP contribution < -0.4 is 0 Å². The zero-order valence-corrected chi connectivity index (χ0v) is 16.1. The molecule has 5 nitrogen and oxygen atoms in total. The molecular weight excluding hydrogens is 364 g/mol. The molecule has 0 aliphatic carbocycles. The molecule has 0 aromatic heterocycles.